The molecule has 0 aromatic carbocycles. The molecular formula is C27H48O2. The zero-order valence-corrected chi connectivity index (χ0v) is 19.9. The standard InChI is InChI=1S/C27H48O2/c1-18(2)8-6-9-19(3)21-11-12-22-20-13-17-27(29)24(28)10-7-15-26(27,5)23(20)14-16-25(21,22)4/h18-24,28-29H,6-17H2,1-5H3/t19-,20+,21-,22+,23+,24+,25-,26-,27-/m1/s1. The van der Waals surface area contributed by atoms with Crippen molar-refractivity contribution < 1.29 is 10.2 Å². The van der Waals surface area contributed by atoms with Crippen molar-refractivity contribution in [1.29, 1.82) is 0 Å². The number of aliphatic hydroxyl groups is 2. The highest BCUT2D eigenvalue weighted by molar-refractivity contribution is 5.15. The topological polar surface area (TPSA) is 40.5 Å². The van der Waals surface area contributed by atoms with Crippen molar-refractivity contribution in [2.45, 2.75) is 123 Å². The Morgan fingerprint density at radius 1 is 0.862 bits per heavy atom. The predicted molar refractivity (Wildman–Crippen MR) is 121 cm³/mol. The molecule has 0 aromatic rings. The molecule has 0 saturated heterocycles. The van der Waals surface area contributed by atoms with Gasteiger partial charge in [0.1, 0.15) is 0 Å². The molecule has 0 aliphatic heterocycles. The molecule has 0 amide bonds. The van der Waals surface area contributed by atoms with Crippen LogP contribution in [-0.4, -0.2) is 21.9 Å². The van der Waals surface area contributed by atoms with Gasteiger partial charge in [0.2, 0.25) is 0 Å². The van der Waals surface area contributed by atoms with Crippen molar-refractivity contribution in [3.05, 3.63) is 0 Å². The molecule has 29 heavy (non-hydrogen) atoms. The van der Waals surface area contributed by atoms with Gasteiger partial charge in [0.15, 0.2) is 0 Å². The molecule has 4 fully saturated rings. The molecule has 4 saturated carbocycles. The Balaban J connectivity index is 1.51. The van der Waals surface area contributed by atoms with Gasteiger partial charge in [-0.1, -0.05) is 60.3 Å². The first-order valence-corrected chi connectivity index (χ1v) is 13.0. The van der Waals surface area contributed by atoms with Crippen LogP contribution in [0.3, 0.4) is 0 Å². The summed E-state index contributed by atoms with van der Waals surface area (Å²) < 4.78 is 0. The first-order valence-electron chi connectivity index (χ1n) is 13.0. The maximum absolute atomic E-state index is 11.6. The summed E-state index contributed by atoms with van der Waals surface area (Å²) in [6, 6.07) is 0. The highest BCUT2D eigenvalue weighted by Crippen LogP contribution is 2.69. The van der Waals surface area contributed by atoms with Crippen LogP contribution in [0.15, 0.2) is 0 Å². The number of hydrogen-bond donors (Lipinski definition) is 2. The molecule has 4 rings (SSSR count). The largest absolute Gasteiger partial charge is 0.390 e. The lowest BCUT2D eigenvalue weighted by atomic mass is 9.42. The number of aliphatic hydroxyl groups excluding tert-OH is 1. The van der Waals surface area contributed by atoms with Crippen LogP contribution < -0.4 is 0 Å². The first kappa shape index (κ1) is 22.1. The summed E-state index contributed by atoms with van der Waals surface area (Å²) in [6.07, 6.45) is 14.1. The van der Waals surface area contributed by atoms with E-state index in [0.29, 0.717) is 11.3 Å². The van der Waals surface area contributed by atoms with Crippen LogP contribution in [0.25, 0.3) is 0 Å². The average molecular weight is 405 g/mol. The minimum atomic E-state index is -0.831. The number of fused-ring (bicyclic) bond motifs is 5. The van der Waals surface area contributed by atoms with Crippen molar-refractivity contribution in [3.63, 3.8) is 0 Å². The molecule has 0 aromatic heterocycles. The highest BCUT2D eigenvalue weighted by Gasteiger charge is 2.65. The maximum atomic E-state index is 11.6. The van der Waals surface area contributed by atoms with E-state index in [9.17, 15) is 10.2 Å². The molecule has 0 spiro atoms. The molecular weight excluding hydrogens is 356 g/mol. The van der Waals surface area contributed by atoms with Crippen LogP contribution in [0.4, 0.5) is 0 Å². The third-order valence-electron chi connectivity index (χ3n) is 11.0. The van der Waals surface area contributed by atoms with Gasteiger partial charge in [-0.2, -0.15) is 0 Å². The Hall–Kier alpha value is -0.0800. The van der Waals surface area contributed by atoms with Gasteiger partial charge >= 0.3 is 0 Å². The minimum absolute atomic E-state index is 0.0735. The fourth-order valence-corrected chi connectivity index (χ4v) is 9.35. The zero-order chi connectivity index (χ0) is 21.0. The van der Waals surface area contributed by atoms with Crippen LogP contribution in [0.2, 0.25) is 0 Å². The number of rotatable bonds is 5. The van der Waals surface area contributed by atoms with Gasteiger partial charge in [0.05, 0.1) is 11.7 Å². The second kappa shape index (κ2) is 7.80. The van der Waals surface area contributed by atoms with Crippen molar-refractivity contribution in [3.8, 4) is 0 Å². The smallest absolute Gasteiger partial charge is 0.0961 e. The Bertz CT molecular complexity index is 587. The van der Waals surface area contributed by atoms with Gasteiger partial charge < -0.3 is 10.2 Å². The van der Waals surface area contributed by atoms with Gasteiger partial charge in [0, 0.05) is 5.41 Å². The Kier molecular flexibility index (Phi) is 5.95. The second-order valence-electron chi connectivity index (χ2n) is 12.7. The van der Waals surface area contributed by atoms with E-state index < -0.39 is 11.7 Å². The van der Waals surface area contributed by atoms with Gasteiger partial charge in [0.25, 0.3) is 0 Å². The van der Waals surface area contributed by atoms with Gasteiger partial charge in [-0.05, 0) is 92.3 Å². The lowest BCUT2D eigenvalue weighted by molar-refractivity contribution is -0.246. The van der Waals surface area contributed by atoms with Crippen molar-refractivity contribution in [1.82, 2.24) is 0 Å². The van der Waals surface area contributed by atoms with E-state index in [-0.39, 0.29) is 5.41 Å². The summed E-state index contributed by atoms with van der Waals surface area (Å²) in [7, 11) is 0. The maximum Gasteiger partial charge on any atom is 0.0961 e. The van der Waals surface area contributed by atoms with E-state index in [4.69, 9.17) is 0 Å². The van der Waals surface area contributed by atoms with Gasteiger partial charge in [-0.15, -0.1) is 0 Å². The summed E-state index contributed by atoms with van der Waals surface area (Å²) in [5.41, 5.74) is -0.393. The second-order valence-corrected chi connectivity index (χ2v) is 12.7. The SMILES string of the molecule is CC(C)CCC[C@@H](C)[C@H]1CC[C@H]2[C@@H]3CC[C@@]4(O)[C@@H](O)CCC[C@]4(C)[C@H]3CC[C@]12C. The quantitative estimate of drug-likeness (QED) is 0.543. The minimum Gasteiger partial charge on any atom is -0.390 e. The van der Waals surface area contributed by atoms with Gasteiger partial charge in [-0.25, -0.2) is 0 Å². The van der Waals surface area contributed by atoms with Crippen LogP contribution >= 0.6 is 0 Å². The van der Waals surface area contributed by atoms with E-state index >= 15 is 0 Å². The van der Waals surface area contributed by atoms with E-state index in [2.05, 4.69) is 34.6 Å². The van der Waals surface area contributed by atoms with E-state index in [1.165, 1.54) is 44.9 Å². The van der Waals surface area contributed by atoms with Crippen LogP contribution in [-0.2, 0) is 0 Å². The Labute approximate surface area is 180 Å². The Morgan fingerprint density at radius 3 is 2.34 bits per heavy atom. The normalized spacial score (nSPS) is 50.7. The lowest BCUT2D eigenvalue weighted by Gasteiger charge is -2.64. The highest BCUT2D eigenvalue weighted by atomic mass is 16.3. The molecule has 0 heterocycles. The molecule has 2 heteroatoms. The summed E-state index contributed by atoms with van der Waals surface area (Å²) in [4.78, 5) is 0. The van der Waals surface area contributed by atoms with Crippen molar-refractivity contribution >= 4 is 0 Å². The Morgan fingerprint density at radius 2 is 1.62 bits per heavy atom. The molecule has 0 radical (unpaired) electrons. The molecule has 2 N–H and O–H groups in total. The first-order chi connectivity index (χ1) is 13.6. The number of hydrogen-bond acceptors (Lipinski definition) is 2. The average Bonchev–Trinajstić information content (AvgIpc) is 3.01. The van der Waals surface area contributed by atoms with Crippen molar-refractivity contribution in [2.75, 3.05) is 0 Å². The monoisotopic (exact) mass is 404 g/mol. The molecule has 4 aliphatic carbocycles. The molecule has 4 aliphatic rings. The van der Waals surface area contributed by atoms with Crippen LogP contribution in [0.1, 0.15) is 112 Å². The predicted octanol–water partition coefficient (Wildman–Crippen LogP) is 6.58. The summed E-state index contributed by atoms with van der Waals surface area (Å²) in [6.45, 7) is 12.2. The lowest BCUT2D eigenvalue weighted by Crippen LogP contribution is -2.66. The molecule has 0 bridgehead atoms. The summed E-state index contributed by atoms with van der Waals surface area (Å²) in [5, 5.41) is 22.3. The third kappa shape index (κ3) is 3.34. The summed E-state index contributed by atoms with van der Waals surface area (Å²) in [5.74, 6) is 4.82. The van der Waals surface area contributed by atoms with Crippen LogP contribution in [0, 0.1) is 46.3 Å². The zero-order valence-electron chi connectivity index (χ0n) is 19.9. The fraction of sp³-hybridized carbons (Fsp3) is 1.00. The summed E-state index contributed by atoms with van der Waals surface area (Å²) >= 11 is 0. The van der Waals surface area contributed by atoms with Crippen molar-refractivity contribution in [2.24, 2.45) is 46.3 Å². The molecule has 2 nitrogen and oxygen atoms in total. The molecule has 9 atom stereocenters. The van der Waals surface area contributed by atoms with E-state index in [1.807, 2.05) is 0 Å². The fourth-order valence-electron chi connectivity index (χ4n) is 9.35. The molecule has 0 unspecified atom stereocenters. The van der Waals surface area contributed by atoms with E-state index in [1.54, 1.807) is 0 Å². The molecule has 168 valence electrons. The van der Waals surface area contributed by atoms with Crippen LogP contribution in [0.5, 0.6) is 0 Å². The van der Waals surface area contributed by atoms with Gasteiger partial charge in [-0.3, -0.25) is 0 Å². The third-order valence-corrected chi connectivity index (χ3v) is 11.0. The van der Waals surface area contributed by atoms with E-state index in [0.717, 1.165) is 61.7 Å².